The quantitative estimate of drug-likeness (QED) is 0.321. The van der Waals surface area contributed by atoms with E-state index in [4.69, 9.17) is 27.6 Å². The van der Waals surface area contributed by atoms with Crippen LogP contribution in [-0.2, 0) is 4.79 Å². The van der Waals surface area contributed by atoms with E-state index in [2.05, 4.69) is 20.3 Å². The number of hydrogen-bond acceptors (Lipinski definition) is 6. The third-order valence-electron chi connectivity index (χ3n) is 4.23. The van der Waals surface area contributed by atoms with E-state index in [0.29, 0.717) is 36.7 Å². The first-order valence-corrected chi connectivity index (χ1v) is 11.4. The summed E-state index contributed by atoms with van der Waals surface area (Å²) < 4.78 is 5.84. The van der Waals surface area contributed by atoms with E-state index in [1.165, 1.54) is 23.5 Å². The van der Waals surface area contributed by atoms with Crippen LogP contribution in [0.15, 0.2) is 79.2 Å². The van der Waals surface area contributed by atoms with Crippen LogP contribution in [-0.4, -0.2) is 21.0 Å². The Hall–Kier alpha value is -2.65. The van der Waals surface area contributed by atoms with Gasteiger partial charge in [-0.2, -0.15) is 0 Å². The Morgan fingerprint density at radius 1 is 1.10 bits per heavy atom. The Morgan fingerprint density at radius 2 is 1.97 bits per heavy atom. The van der Waals surface area contributed by atoms with E-state index in [0.717, 1.165) is 16.2 Å². The van der Waals surface area contributed by atoms with E-state index in [-0.39, 0.29) is 5.91 Å². The lowest BCUT2D eigenvalue weighted by atomic mass is 10.3. The number of amides is 1. The topological polar surface area (TPSA) is 83.3 Å². The zero-order valence-electron chi connectivity index (χ0n) is 15.6. The predicted molar refractivity (Wildman–Crippen MR) is 126 cm³/mol. The number of rotatable bonds is 4. The molecule has 31 heavy (non-hydrogen) atoms. The van der Waals surface area contributed by atoms with Gasteiger partial charge in [0, 0.05) is 6.08 Å². The molecule has 1 amide bonds. The number of nitrogens with one attached hydrogen (secondary N) is 2. The third kappa shape index (κ3) is 4.52. The number of furan rings is 1. The Labute approximate surface area is 195 Å². The molecule has 3 heterocycles. The van der Waals surface area contributed by atoms with Crippen molar-refractivity contribution in [1.29, 1.82) is 0 Å². The summed E-state index contributed by atoms with van der Waals surface area (Å²) in [6.45, 7) is 0. The summed E-state index contributed by atoms with van der Waals surface area (Å²) in [4.78, 5) is 25.0. The summed E-state index contributed by atoms with van der Waals surface area (Å²) in [5, 5.41) is 5.44. The molecule has 2 N–H and O–H groups in total. The molecule has 1 aliphatic heterocycles. The molecule has 1 aliphatic rings. The molecule has 0 unspecified atom stereocenters. The smallest absolute Gasteiger partial charge is 0.264 e. The molecular formula is C21H12Cl2N4O2S2. The van der Waals surface area contributed by atoms with Crippen LogP contribution in [0.25, 0.3) is 17.1 Å². The fourth-order valence-corrected chi connectivity index (χ4v) is 4.71. The van der Waals surface area contributed by atoms with Crippen LogP contribution in [0.3, 0.4) is 0 Å². The fourth-order valence-electron chi connectivity index (χ4n) is 2.82. The Kier molecular flexibility index (Phi) is 5.54. The highest BCUT2D eigenvalue weighted by Gasteiger charge is 2.24. The van der Waals surface area contributed by atoms with Gasteiger partial charge in [-0.1, -0.05) is 35.3 Å². The van der Waals surface area contributed by atoms with Crippen LogP contribution in [0, 0.1) is 0 Å². The Balaban J connectivity index is 1.31. The van der Waals surface area contributed by atoms with E-state index in [1.54, 1.807) is 30.3 Å². The van der Waals surface area contributed by atoms with Crippen molar-refractivity contribution in [3.05, 3.63) is 75.3 Å². The lowest BCUT2D eigenvalue weighted by molar-refractivity contribution is -0.115. The fraction of sp³-hybridized carbons (Fsp3) is 0. The van der Waals surface area contributed by atoms with Crippen LogP contribution in [0.4, 0.5) is 5.69 Å². The average molecular weight is 487 g/mol. The molecule has 10 heteroatoms. The van der Waals surface area contributed by atoms with Crippen molar-refractivity contribution in [1.82, 2.24) is 15.3 Å². The molecule has 1 fully saturated rings. The van der Waals surface area contributed by atoms with Gasteiger partial charge in [-0.05, 0) is 66.0 Å². The number of hydrogen-bond donors (Lipinski definition) is 2. The number of nitrogens with zero attached hydrogens (tertiary/aromatic N) is 2. The molecule has 2 aromatic carbocycles. The largest absolute Gasteiger partial charge is 0.450 e. The standard InChI is InChI=1S/C21H12Cl2N4O2S2/c22-13-7-5-11(9-14(13)23)24-20-27-19(28)17(30-20)10-12-6-8-18(29-12)31-21-25-15-3-1-2-4-16(15)26-21/h1-10H,(H,25,26)(H,24,27,28)/b17-10+. The number of aromatic amines is 1. The molecule has 4 aromatic rings. The minimum Gasteiger partial charge on any atom is -0.450 e. The number of amidine groups is 1. The first kappa shape index (κ1) is 20.3. The van der Waals surface area contributed by atoms with Crippen LogP contribution in [0.1, 0.15) is 5.76 Å². The van der Waals surface area contributed by atoms with E-state index in [1.807, 2.05) is 30.3 Å². The molecule has 5 rings (SSSR count). The summed E-state index contributed by atoms with van der Waals surface area (Å²) in [5.41, 5.74) is 2.46. The number of thioether (sulfide) groups is 1. The molecule has 2 aromatic heterocycles. The Bertz CT molecular complexity index is 1340. The molecule has 6 nitrogen and oxygen atoms in total. The predicted octanol–water partition coefficient (Wildman–Crippen LogP) is 6.51. The highest BCUT2D eigenvalue weighted by molar-refractivity contribution is 8.18. The molecule has 0 aliphatic carbocycles. The summed E-state index contributed by atoms with van der Waals surface area (Å²) >= 11 is 14.5. The maximum absolute atomic E-state index is 12.3. The SMILES string of the molecule is O=C1NC(=Nc2ccc(Cl)c(Cl)c2)S/C1=C/c1ccc(Sc2nc3ccccc3[nH]2)o1. The molecule has 0 atom stereocenters. The summed E-state index contributed by atoms with van der Waals surface area (Å²) in [7, 11) is 0. The van der Waals surface area contributed by atoms with Crippen molar-refractivity contribution in [2.75, 3.05) is 0 Å². The minimum absolute atomic E-state index is 0.244. The first-order valence-electron chi connectivity index (χ1n) is 9.00. The lowest BCUT2D eigenvalue weighted by Crippen LogP contribution is -2.19. The van der Waals surface area contributed by atoms with Gasteiger partial charge in [0.15, 0.2) is 15.4 Å². The van der Waals surface area contributed by atoms with Gasteiger partial charge < -0.3 is 14.7 Å². The lowest BCUT2D eigenvalue weighted by Gasteiger charge is -1.98. The van der Waals surface area contributed by atoms with Crippen LogP contribution in [0.2, 0.25) is 10.0 Å². The number of carbonyl (C=O) groups excluding carboxylic acids is 1. The van der Waals surface area contributed by atoms with Gasteiger partial charge in [0.1, 0.15) is 5.76 Å². The number of halogens is 2. The van der Waals surface area contributed by atoms with Crippen molar-refractivity contribution in [3.63, 3.8) is 0 Å². The highest BCUT2D eigenvalue weighted by atomic mass is 35.5. The summed E-state index contributed by atoms with van der Waals surface area (Å²) in [6.07, 6.45) is 1.68. The molecule has 0 spiro atoms. The number of aliphatic imine (C=N–C) groups is 1. The van der Waals surface area contributed by atoms with Crippen molar-refractivity contribution in [2.45, 2.75) is 10.2 Å². The average Bonchev–Trinajstić information content (AvgIpc) is 3.44. The normalized spacial score (nSPS) is 16.5. The highest BCUT2D eigenvalue weighted by Crippen LogP contribution is 2.33. The van der Waals surface area contributed by atoms with Gasteiger partial charge in [0.05, 0.1) is 31.7 Å². The number of imidazole rings is 1. The summed E-state index contributed by atoms with van der Waals surface area (Å²) in [5.74, 6) is 0.318. The number of H-pyrrole nitrogens is 1. The van der Waals surface area contributed by atoms with Gasteiger partial charge >= 0.3 is 0 Å². The molecule has 1 saturated heterocycles. The van der Waals surface area contributed by atoms with Gasteiger partial charge in [-0.3, -0.25) is 4.79 Å². The van der Waals surface area contributed by atoms with Crippen LogP contribution in [0.5, 0.6) is 0 Å². The van der Waals surface area contributed by atoms with Crippen LogP contribution >= 0.6 is 46.7 Å². The van der Waals surface area contributed by atoms with Crippen molar-refractivity contribution in [2.24, 2.45) is 4.99 Å². The van der Waals surface area contributed by atoms with Gasteiger partial charge in [-0.15, -0.1) is 0 Å². The van der Waals surface area contributed by atoms with E-state index < -0.39 is 0 Å². The molecule has 0 radical (unpaired) electrons. The monoisotopic (exact) mass is 486 g/mol. The molecular weight excluding hydrogens is 475 g/mol. The molecule has 154 valence electrons. The second-order valence-corrected chi connectivity index (χ2v) is 9.24. The maximum atomic E-state index is 12.3. The number of aromatic nitrogens is 2. The third-order valence-corrected chi connectivity index (χ3v) is 6.68. The summed E-state index contributed by atoms with van der Waals surface area (Å²) in [6, 6.07) is 16.5. The minimum atomic E-state index is -0.244. The maximum Gasteiger partial charge on any atom is 0.264 e. The van der Waals surface area contributed by atoms with Crippen molar-refractivity contribution >= 4 is 80.6 Å². The number of carbonyl (C=O) groups is 1. The number of fused-ring (bicyclic) bond motifs is 1. The molecule has 0 saturated carbocycles. The van der Waals surface area contributed by atoms with Crippen LogP contribution < -0.4 is 5.32 Å². The van der Waals surface area contributed by atoms with Crippen molar-refractivity contribution < 1.29 is 9.21 Å². The van der Waals surface area contributed by atoms with E-state index >= 15 is 0 Å². The van der Waals surface area contributed by atoms with Crippen molar-refractivity contribution in [3.8, 4) is 0 Å². The second-order valence-electron chi connectivity index (χ2n) is 6.40. The number of para-hydroxylation sites is 2. The zero-order valence-corrected chi connectivity index (χ0v) is 18.7. The molecule has 0 bridgehead atoms. The second kappa shape index (κ2) is 8.47. The van der Waals surface area contributed by atoms with E-state index in [9.17, 15) is 4.79 Å². The van der Waals surface area contributed by atoms with Gasteiger partial charge in [0.25, 0.3) is 5.91 Å². The Morgan fingerprint density at radius 3 is 2.81 bits per heavy atom. The number of benzene rings is 2. The first-order chi connectivity index (χ1) is 15.0. The van der Waals surface area contributed by atoms with Gasteiger partial charge in [-0.25, -0.2) is 9.98 Å². The zero-order chi connectivity index (χ0) is 21.4. The van der Waals surface area contributed by atoms with Gasteiger partial charge in [0.2, 0.25) is 0 Å².